The number of hydrogen-bond donors (Lipinski definition) is 1. The van der Waals surface area contributed by atoms with Gasteiger partial charge in [0.25, 0.3) is 0 Å². The molecule has 3 rings (SSSR count). The minimum Gasteiger partial charge on any atom is -0.508 e. The Morgan fingerprint density at radius 1 is 0.909 bits per heavy atom. The van der Waals surface area contributed by atoms with Crippen molar-refractivity contribution in [3.63, 3.8) is 0 Å². The Labute approximate surface area is 130 Å². The minimum absolute atomic E-state index is 0.151. The Morgan fingerprint density at radius 2 is 1.55 bits per heavy atom. The van der Waals surface area contributed by atoms with Gasteiger partial charge in [0.1, 0.15) is 5.75 Å². The summed E-state index contributed by atoms with van der Waals surface area (Å²) in [6.45, 7) is 3.24. The number of amides is 1. The highest BCUT2D eigenvalue weighted by atomic mass is 16.3. The topological polar surface area (TPSA) is 43.8 Å². The third-order valence-electron chi connectivity index (χ3n) is 4.05. The summed E-state index contributed by atoms with van der Waals surface area (Å²) in [5, 5.41) is 9.28. The van der Waals surface area contributed by atoms with Crippen LogP contribution < -0.4 is 4.90 Å². The largest absolute Gasteiger partial charge is 0.508 e. The SMILES string of the molecule is O=C(Cc1ccc(O)cc1)N1CCN(c2ccccc2)CC1. The molecule has 0 aliphatic carbocycles. The maximum atomic E-state index is 12.3. The molecule has 2 aromatic carbocycles. The molecule has 1 heterocycles. The summed E-state index contributed by atoms with van der Waals surface area (Å²) in [5.74, 6) is 0.381. The second-order valence-electron chi connectivity index (χ2n) is 5.55. The molecule has 114 valence electrons. The monoisotopic (exact) mass is 296 g/mol. The van der Waals surface area contributed by atoms with E-state index in [9.17, 15) is 9.90 Å². The smallest absolute Gasteiger partial charge is 0.227 e. The zero-order valence-electron chi connectivity index (χ0n) is 12.5. The van der Waals surface area contributed by atoms with Crippen molar-refractivity contribution < 1.29 is 9.90 Å². The lowest BCUT2D eigenvalue weighted by atomic mass is 10.1. The van der Waals surface area contributed by atoms with Crippen LogP contribution in [0.15, 0.2) is 54.6 Å². The molecule has 1 amide bonds. The Hall–Kier alpha value is -2.49. The molecular formula is C18H20N2O2. The van der Waals surface area contributed by atoms with E-state index in [0.29, 0.717) is 6.42 Å². The standard InChI is InChI=1S/C18H20N2O2/c21-17-8-6-15(7-9-17)14-18(22)20-12-10-19(11-13-20)16-4-2-1-3-5-16/h1-9,21H,10-14H2. The molecule has 1 fully saturated rings. The van der Waals surface area contributed by atoms with E-state index in [-0.39, 0.29) is 11.7 Å². The Balaban J connectivity index is 1.54. The predicted octanol–water partition coefficient (Wildman–Crippen LogP) is 2.28. The number of aromatic hydroxyl groups is 1. The molecule has 4 heteroatoms. The fourth-order valence-electron chi connectivity index (χ4n) is 2.75. The molecule has 0 atom stereocenters. The van der Waals surface area contributed by atoms with Gasteiger partial charge in [-0.25, -0.2) is 0 Å². The van der Waals surface area contributed by atoms with E-state index in [0.717, 1.165) is 31.7 Å². The van der Waals surface area contributed by atoms with Gasteiger partial charge in [-0.2, -0.15) is 0 Å². The minimum atomic E-state index is 0.151. The first-order valence-electron chi connectivity index (χ1n) is 7.58. The van der Waals surface area contributed by atoms with Crippen LogP contribution in [0.5, 0.6) is 5.75 Å². The van der Waals surface area contributed by atoms with E-state index >= 15 is 0 Å². The molecule has 2 aromatic rings. The number of benzene rings is 2. The van der Waals surface area contributed by atoms with Crippen molar-refractivity contribution in [2.75, 3.05) is 31.1 Å². The van der Waals surface area contributed by atoms with E-state index < -0.39 is 0 Å². The molecule has 0 bridgehead atoms. The van der Waals surface area contributed by atoms with Crippen LogP contribution in [0.3, 0.4) is 0 Å². The summed E-state index contributed by atoms with van der Waals surface area (Å²) in [6, 6.07) is 17.1. The number of anilines is 1. The van der Waals surface area contributed by atoms with E-state index in [2.05, 4.69) is 17.0 Å². The molecule has 0 radical (unpaired) electrons. The van der Waals surface area contributed by atoms with Gasteiger partial charge in [-0.05, 0) is 29.8 Å². The van der Waals surface area contributed by atoms with E-state index in [1.807, 2.05) is 23.1 Å². The predicted molar refractivity (Wildman–Crippen MR) is 87.0 cm³/mol. The number of para-hydroxylation sites is 1. The molecule has 0 unspecified atom stereocenters. The van der Waals surface area contributed by atoms with Gasteiger partial charge in [0, 0.05) is 31.9 Å². The fourth-order valence-corrected chi connectivity index (χ4v) is 2.75. The van der Waals surface area contributed by atoms with Crippen molar-refractivity contribution in [1.82, 2.24) is 4.90 Å². The Kier molecular flexibility index (Phi) is 4.28. The van der Waals surface area contributed by atoms with Crippen LogP contribution in [-0.4, -0.2) is 42.1 Å². The lowest BCUT2D eigenvalue weighted by Gasteiger charge is -2.36. The summed E-state index contributed by atoms with van der Waals surface area (Å²) in [7, 11) is 0. The van der Waals surface area contributed by atoms with Crippen molar-refractivity contribution in [2.45, 2.75) is 6.42 Å². The second-order valence-corrected chi connectivity index (χ2v) is 5.55. The van der Waals surface area contributed by atoms with Crippen molar-refractivity contribution in [2.24, 2.45) is 0 Å². The zero-order valence-corrected chi connectivity index (χ0v) is 12.5. The summed E-state index contributed by atoms with van der Waals surface area (Å²) in [4.78, 5) is 16.6. The summed E-state index contributed by atoms with van der Waals surface area (Å²) in [5.41, 5.74) is 2.15. The summed E-state index contributed by atoms with van der Waals surface area (Å²) < 4.78 is 0. The van der Waals surface area contributed by atoms with E-state index in [1.165, 1.54) is 5.69 Å². The maximum Gasteiger partial charge on any atom is 0.227 e. The fraction of sp³-hybridized carbons (Fsp3) is 0.278. The van der Waals surface area contributed by atoms with Crippen LogP contribution in [0, 0.1) is 0 Å². The van der Waals surface area contributed by atoms with Crippen molar-refractivity contribution in [3.8, 4) is 5.75 Å². The second kappa shape index (κ2) is 6.52. The number of rotatable bonds is 3. The van der Waals surface area contributed by atoms with E-state index in [1.54, 1.807) is 24.3 Å². The quantitative estimate of drug-likeness (QED) is 0.945. The van der Waals surface area contributed by atoms with Crippen molar-refractivity contribution in [1.29, 1.82) is 0 Å². The number of phenols is 1. The van der Waals surface area contributed by atoms with Crippen LogP contribution in [-0.2, 0) is 11.2 Å². The zero-order chi connectivity index (χ0) is 15.4. The number of carbonyl (C=O) groups excluding carboxylic acids is 1. The maximum absolute atomic E-state index is 12.3. The summed E-state index contributed by atoms with van der Waals surface area (Å²) in [6.07, 6.45) is 0.394. The highest BCUT2D eigenvalue weighted by Gasteiger charge is 2.21. The molecule has 1 N–H and O–H groups in total. The number of hydrogen-bond acceptors (Lipinski definition) is 3. The van der Waals surface area contributed by atoms with Gasteiger partial charge in [0.2, 0.25) is 5.91 Å². The lowest BCUT2D eigenvalue weighted by Crippen LogP contribution is -2.49. The normalized spacial score (nSPS) is 14.9. The van der Waals surface area contributed by atoms with Crippen molar-refractivity contribution in [3.05, 3.63) is 60.2 Å². The third kappa shape index (κ3) is 3.39. The van der Waals surface area contributed by atoms with Gasteiger partial charge in [-0.1, -0.05) is 30.3 Å². The molecule has 0 aromatic heterocycles. The van der Waals surface area contributed by atoms with Gasteiger partial charge in [0.05, 0.1) is 6.42 Å². The van der Waals surface area contributed by atoms with Gasteiger partial charge >= 0.3 is 0 Å². The van der Waals surface area contributed by atoms with Gasteiger partial charge in [0.15, 0.2) is 0 Å². The number of phenolic OH excluding ortho intramolecular Hbond substituents is 1. The first-order valence-corrected chi connectivity index (χ1v) is 7.58. The van der Waals surface area contributed by atoms with Crippen molar-refractivity contribution >= 4 is 11.6 Å². The first kappa shape index (κ1) is 14.4. The molecule has 1 aliphatic rings. The average Bonchev–Trinajstić information content (AvgIpc) is 2.58. The first-order chi connectivity index (χ1) is 10.7. The van der Waals surface area contributed by atoms with E-state index in [4.69, 9.17) is 0 Å². The highest BCUT2D eigenvalue weighted by molar-refractivity contribution is 5.79. The van der Waals surface area contributed by atoms with Crippen LogP contribution in [0.25, 0.3) is 0 Å². The van der Waals surface area contributed by atoms with Crippen LogP contribution >= 0.6 is 0 Å². The molecule has 0 spiro atoms. The molecule has 4 nitrogen and oxygen atoms in total. The molecule has 22 heavy (non-hydrogen) atoms. The van der Waals surface area contributed by atoms with Crippen LogP contribution in [0.2, 0.25) is 0 Å². The number of carbonyl (C=O) groups is 1. The Bertz CT molecular complexity index is 617. The number of nitrogens with zero attached hydrogens (tertiary/aromatic N) is 2. The lowest BCUT2D eigenvalue weighted by molar-refractivity contribution is -0.130. The molecular weight excluding hydrogens is 276 g/mol. The van der Waals surface area contributed by atoms with Gasteiger partial charge < -0.3 is 14.9 Å². The molecule has 1 aliphatic heterocycles. The van der Waals surface area contributed by atoms with Gasteiger partial charge in [-0.3, -0.25) is 4.79 Å². The molecule has 1 saturated heterocycles. The van der Waals surface area contributed by atoms with Crippen LogP contribution in [0.4, 0.5) is 5.69 Å². The summed E-state index contributed by atoms with van der Waals surface area (Å²) >= 11 is 0. The highest BCUT2D eigenvalue weighted by Crippen LogP contribution is 2.16. The molecule has 0 saturated carbocycles. The Morgan fingerprint density at radius 3 is 2.18 bits per heavy atom. The third-order valence-corrected chi connectivity index (χ3v) is 4.05. The van der Waals surface area contributed by atoms with Gasteiger partial charge in [-0.15, -0.1) is 0 Å². The number of piperazine rings is 1. The van der Waals surface area contributed by atoms with Crippen LogP contribution in [0.1, 0.15) is 5.56 Å². The average molecular weight is 296 g/mol.